The Balaban J connectivity index is 1.76. The number of carbonyl (C=O) groups excluding carboxylic acids is 2. The van der Waals surface area contributed by atoms with Gasteiger partial charge < -0.3 is 24.8 Å². The molecule has 0 saturated heterocycles. The van der Waals surface area contributed by atoms with E-state index in [1.807, 2.05) is 0 Å². The number of cyclic esters (lactones) is 1. The lowest BCUT2D eigenvalue weighted by Crippen LogP contribution is -2.32. The summed E-state index contributed by atoms with van der Waals surface area (Å²) >= 11 is 0. The molecule has 10 heteroatoms. The van der Waals surface area contributed by atoms with Gasteiger partial charge in [-0.15, -0.1) is 0 Å². The number of fused-ring (bicyclic) bond motifs is 5. The summed E-state index contributed by atoms with van der Waals surface area (Å²) in [5.41, 5.74) is 2.75. The van der Waals surface area contributed by atoms with Crippen molar-refractivity contribution in [2.75, 3.05) is 6.61 Å². The van der Waals surface area contributed by atoms with Crippen LogP contribution in [0.25, 0.3) is 22.3 Å². The topological polar surface area (TPSA) is 131 Å². The highest BCUT2D eigenvalue weighted by molar-refractivity contribution is 5.89. The lowest BCUT2D eigenvalue weighted by Gasteiger charge is -2.21. The number of nitrogens with zero attached hydrogens (tertiary/aromatic N) is 2. The first-order valence-electron chi connectivity index (χ1n) is 9.91. The van der Waals surface area contributed by atoms with Crippen molar-refractivity contribution < 1.29 is 28.9 Å². The smallest absolute Gasteiger partial charge is 0.340 e. The zero-order valence-electron chi connectivity index (χ0n) is 16.9. The number of hydrogen-bond donors (Lipinski definition) is 3. The minimum absolute atomic E-state index is 0.0402. The van der Waals surface area contributed by atoms with Crippen molar-refractivity contribution in [1.82, 2.24) is 14.9 Å². The predicted octanol–water partition coefficient (Wildman–Crippen LogP) is 0.571. The summed E-state index contributed by atoms with van der Waals surface area (Å²) in [6.45, 7) is 0.879. The Morgan fingerprint density at radius 2 is 2.09 bits per heavy atom. The highest BCUT2D eigenvalue weighted by atomic mass is 19.1. The second-order valence-corrected chi connectivity index (χ2v) is 7.84. The summed E-state index contributed by atoms with van der Waals surface area (Å²) in [7, 11) is 0. The highest BCUT2D eigenvalue weighted by Crippen LogP contribution is 2.38. The van der Waals surface area contributed by atoms with Crippen LogP contribution in [0.1, 0.15) is 33.9 Å². The first-order valence-corrected chi connectivity index (χ1v) is 9.91. The summed E-state index contributed by atoms with van der Waals surface area (Å²) in [5.74, 6) is -1.87. The third kappa shape index (κ3) is 2.91. The molecule has 3 aromatic rings. The molecule has 0 aliphatic carbocycles. The van der Waals surface area contributed by atoms with Crippen LogP contribution in [-0.2, 0) is 34.0 Å². The van der Waals surface area contributed by atoms with Gasteiger partial charge in [0.15, 0.2) is 6.10 Å². The number of aliphatic hydroxyl groups is 2. The molecule has 32 heavy (non-hydrogen) atoms. The van der Waals surface area contributed by atoms with E-state index in [1.54, 1.807) is 13.0 Å². The van der Waals surface area contributed by atoms with Crippen LogP contribution in [0.2, 0.25) is 0 Å². The van der Waals surface area contributed by atoms with Crippen molar-refractivity contribution >= 4 is 22.8 Å². The number of aromatic nitrogens is 2. The normalized spacial score (nSPS) is 16.4. The lowest BCUT2D eigenvalue weighted by molar-refractivity contribution is -0.157. The van der Waals surface area contributed by atoms with Gasteiger partial charge in [-0.05, 0) is 30.2 Å². The molecule has 4 heterocycles. The van der Waals surface area contributed by atoms with Crippen LogP contribution < -0.4 is 10.9 Å². The average Bonchev–Trinajstić information content (AvgIpc) is 3.14. The first-order chi connectivity index (χ1) is 15.3. The molecule has 0 radical (unpaired) electrons. The van der Waals surface area contributed by atoms with Gasteiger partial charge in [-0.1, -0.05) is 0 Å². The molecule has 3 N–H and O–H groups in total. The second-order valence-electron chi connectivity index (χ2n) is 7.84. The van der Waals surface area contributed by atoms with E-state index in [-0.39, 0.29) is 30.8 Å². The van der Waals surface area contributed by atoms with Crippen molar-refractivity contribution in [3.63, 3.8) is 0 Å². The van der Waals surface area contributed by atoms with E-state index in [0.29, 0.717) is 39.0 Å². The van der Waals surface area contributed by atoms with Crippen LogP contribution in [0.15, 0.2) is 23.0 Å². The van der Waals surface area contributed by atoms with Gasteiger partial charge in [0.05, 0.1) is 29.0 Å². The van der Waals surface area contributed by atoms with Crippen LogP contribution in [0.4, 0.5) is 4.39 Å². The molecule has 2 aliphatic rings. The van der Waals surface area contributed by atoms with E-state index in [4.69, 9.17) is 9.84 Å². The number of halogens is 1. The van der Waals surface area contributed by atoms with E-state index < -0.39 is 36.0 Å². The predicted molar refractivity (Wildman–Crippen MR) is 109 cm³/mol. The molecule has 0 fully saturated rings. The van der Waals surface area contributed by atoms with E-state index in [9.17, 15) is 23.9 Å². The lowest BCUT2D eigenvalue weighted by atomic mass is 9.97. The van der Waals surface area contributed by atoms with Crippen LogP contribution in [0.5, 0.6) is 0 Å². The molecule has 0 spiro atoms. The Morgan fingerprint density at radius 3 is 2.84 bits per heavy atom. The minimum atomic E-state index is -1.58. The summed E-state index contributed by atoms with van der Waals surface area (Å²) < 4.78 is 20.7. The van der Waals surface area contributed by atoms with Gasteiger partial charge in [-0.3, -0.25) is 9.59 Å². The van der Waals surface area contributed by atoms with Crippen molar-refractivity contribution in [3.05, 3.63) is 62.2 Å². The summed E-state index contributed by atoms with van der Waals surface area (Å²) in [6.07, 6.45) is -1.58. The van der Waals surface area contributed by atoms with Crippen molar-refractivity contribution in [2.45, 2.75) is 32.7 Å². The fraction of sp³-hybridized carbons (Fsp3) is 0.273. The maximum absolute atomic E-state index is 14.3. The third-order valence-corrected chi connectivity index (χ3v) is 5.96. The van der Waals surface area contributed by atoms with Crippen LogP contribution in [-0.4, -0.2) is 38.2 Å². The highest BCUT2D eigenvalue weighted by Gasteiger charge is 2.34. The summed E-state index contributed by atoms with van der Waals surface area (Å²) in [4.78, 5) is 41.2. The average molecular weight is 439 g/mol. The van der Waals surface area contributed by atoms with E-state index in [2.05, 4.69) is 10.3 Å². The number of rotatable bonds is 3. The SMILES string of the molecule is Cc1cc2c(CNC(=O)CO)c3c(nc2cc1F)-c1cc2c(c(=O)n1C3)COC(=O)[C@H]2O. The Labute approximate surface area is 180 Å². The Hall–Kier alpha value is -3.63. The molecule has 9 nitrogen and oxygen atoms in total. The summed E-state index contributed by atoms with van der Waals surface area (Å²) in [6, 6.07) is 4.45. The van der Waals surface area contributed by atoms with Gasteiger partial charge in [0.2, 0.25) is 5.91 Å². The van der Waals surface area contributed by atoms with E-state index in [1.165, 1.54) is 16.7 Å². The van der Waals surface area contributed by atoms with Crippen molar-refractivity contribution in [1.29, 1.82) is 0 Å². The number of aryl methyl sites for hydroxylation is 1. The van der Waals surface area contributed by atoms with Crippen LogP contribution >= 0.6 is 0 Å². The number of esters is 1. The zero-order chi connectivity index (χ0) is 22.7. The van der Waals surface area contributed by atoms with Gasteiger partial charge in [-0.2, -0.15) is 0 Å². The van der Waals surface area contributed by atoms with Crippen molar-refractivity contribution in [2.24, 2.45) is 0 Å². The van der Waals surface area contributed by atoms with Crippen LogP contribution in [0.3, 0.4) is 0 Å². The fourth-order valence-electron chi connectivity index (χ4n) is 4.28. The van der Waals surface area contributed by atoms with E-state index in [0.717, 1.165) is 0 Å². The maximum atomic E-state index is 14.3. The number of pyridine rings is 2. The molecule has 1 atom stereocenters. The molecule has 1 amide bonds. The number of hydrogen-bond acceptors (Lipinski definition) is 7. The monoisotopic (exact) mass is 439 g/mol. The standard InChI is InChI=1S/C22H18FN3O6/c1-9-2-10-12(5-24-18(28)7-27)13-6-26-17(19(13)25-16(10)4-15(9)23)3-11-14(21(26)30)8-32-22(31)20(11)29/h2-4,20,27,29H,5-8H2,1H3,(H,24,28)/t20-/m0/s1. The first kappa shape index (κ1) is 20.3. The number of carbonyl (C=O) groups is 2. The molecular weight excluding hydrogens is 421 g/mol. The minimum Gasteiger partial charge on any atom is -0.458 e. The number of benzene rings is 1. The third-order valence-electron chi connectivity index (χ3n) is 5.96. The largest absolute Gasteiger partial charge is 0.458 e. The number of ether oxygens (including phenoxy) is 1. The Bertz CT molecular complexity index is 1400. The molecule has 164 valence electrons. The molecule has 0 bridgehead atoms. The van der Waals surface area contributed by atoms with Crippen molar-refractivity contribution in [3.8, 4) is 11.4 Å². The molecule has 2 aliphatic heterocycles. The Kier molecular flexibility index (Phi) is 4.57. The number of aliphatic hydroxyl groups excluding tert-OH is 2. The van der Waals surface area contributed by atoms with Gasteiger partial charge in [0.25, 0.3) is 5.56 Å². The molecular formula is C22H18FN3O6. The molecule has 5 rings (SSSR count). The molecule has 1 aromatic carbocycles. The van der Waals surface area contributed by atoms with Gasteiger partial charge in [0.1, 0.15) is 19.0 Å². The van der Waals surface area contributed by atoms with Gasteiger partial charge >= 0.3 is 5.97 Å². The van der Waals surface area contributed by atoms with E-state index >= 15 is 0 Å². The fourth-order valence-corrected chi connectivity index (χ4v) is 4.28. The molecule has 0 unspecified atom stereocenters. The van der Waals surface area contributed by atoms with Gasteiger partial charge in [0, 0.05) is 29.1 Å². The van der Waals surface area contributed by atoms with Gasteiger partial charge in [-0.25, -0.2) is 14.2 Å². The Morgan fingerprint density at radius 1 is 1.31 bits per heavy atom. The second kappa shape index (κ2) is 7.21. The maximum Gasteiger partial charge on any atom is 0.340 e. The van der Waals surface area contributed by atoms with Crippen LogP contribution in [0, 0.1) is 12.7 Å². The molecule has 2 aromatic heterocycles. The quantitative estimate of drug-likeness (QED) is 0.398. The number of nitrogens with one attached hydrogen (secondary N) is 1. The molecule has 0 saturated carbocycles. The zero-order valence-corrected chi connectivity index (χ0v) is 16.9. The summed E-state index contributed by atoms with van der Waals surface area (Å²) in [5, 5.41) is 22.5. The number of amides is 1.